The molecule has 0 saturated carbocycles. The lowest BCUT2D eigenvalue weighted by molar-refractivity contribution is 0.0950. The van der Waals surface area contributed by atoms with Crippen molar-refractivity contribution in [1.29, 1.82) is 0 Å². The second-order valence-electron chi connectivity index (χ2n) is 6.14. The summed E-state index contributed by atoms with van der Waals surface area (Å²) in [7, 11) is 0. The molecule has 120 valence electrons. The third kappa shape index (κ3) is 3.99. The van der Waals surface area contributed by atoms with Gasteiger partial charge in [0.25, 0.3) is 5.91 Å². The van der Waals surface area contributed by atoms with Gasteiger partial charge in [0.15, 0.2) is 0 Å². The first kappa shape index (κ1) is 15.8. The Morgan fingerprint density at radius 3 is 2.70 bits per heavy atom. The quantitative estimate of drug-likeness (QED) is 0.889. The molecular formula is C20H24N2O. The van der Waals surface area contributed by atoms with Crippen LogP contribution < -0.4 is 10.6 Å². The maximum absolute atomic E-state index is 12.4. The number of nitrogens with one attached hydrogen (secondary N) is 2. The van der Waals surface area contributed by atoms with Gasteiger partial charge in [0.05, 0.1) is 0 Å². The topological polar surface area (TPSA) is 41.1 Å². The monoisotopic (exact) mass is 308 g/mol. The van der Waals surface area contributed by atoms with Gasteiger partial charge in [-0.1, -0.05) is 43.3 Å². The van der Waals surface area contributed by atoms with Crippen LogP contribution in [-0.4, -0.2) is 25.0 Å². The van der Waals surface area contributed by atoms with E-state index in [1.807, 2.05) is 18.2 Å². The molecule has 1 aliphatic rings. The van der Waals surface area contributed by atoms with Gasteiger partial charge in [-0.05, 0) is 54.6 Å². The molecule has 1 aliphatic heterocycles. The molecule has 3 nitrogen and oxygen atoms in total. The molecule has 1 fully saturated rings. The first-order valence-corrected chi connectivity index (χ1v) is 8.47. The maximum atomic E-state index is 12.4. The van der Waals surface area contributed by atoms with Crippen LogP contribution in [0.15, 0.2) is 48.5 Å². The molecule has 23 heavy (non-hydrogen) atoms. The smallest absolute Gasteiger partial charge is 0.251 e. The van der Waals surface area contributed by atoms with Gasteiger partial charge in [0.2, 0.25) is 0 Å². The van der Waals surface area contributed by atoms with Crippen LogP contribution in [0.5, 0.6) is 0 Å². The summed E-state index contributed by atoms with van der Waals surface area (Å²) < 4.78 is 0. The standard InChI is InChI=1S/C20H24N2O/c1-2-15-6-3-7-16(12-15)17-8-4-9-18(13-17)20(23)22-14-19-10-5-11-21-19/h3-4,6-9,12-13,19,21H,2,5,10-11,14H2,1H3,(H,22,23). The van der Waals surface area contributed by atoms with Gasteiger partial charge < -0.3 is 10.6 Å². The highest BCUT2D eigenvalue weighted by atomic mass is 16.1. The molecule has 0 radical (unpaired) electrons. The lowest BCUT2D eigenvalue weighted by Gasteiger charge is -2.12. The highest BCUT2D eigenvalue weighted by Crippen LogP contribution is 2.22. The van der Waals surface area contributed by atoms with Crippen LogP contribution in [0.1, 0.15) is 35.7 Å². The number of carbonyl (C=O) groups is 1. The number of amides is 1. The predicted molar refractivity (Wildman–Crippen MR) is 94.6 cm³/mol. The first-order valence-electron chi connectivity index (χ1n) is 8.47. The van der Waals surface area contributed by atoms with Crippen molar-refractivity contribution in [3.05, 3.63) is 59.7 Å². The first-order chi connectivity index (χ1) is 11.3. The molecule has 3 rings (SSSR count). The Bertz CT molecular complexity index is 675. The van der Waals surface area contributed by atoms with Crippen LogP contribution in [0.3, 0.4) is 0 Å². The number of rotatable bonds is 5. The number of benzene rings is 2. The molecule has 0 bridgehead atoms. The van der Waals surface area contributed by atoms with Gasteiger partial charge in [-0.2, -0.15) is 0 Å². The van der Waals surface area contributed by atoms with E-state index in [1.165, 1.54) is 12.0 Å². The molecule has 1 heterocycles. The molecule has 1 atom stereocenters. The van der Waals surface area contributed by atoms with Crippen molar-refractivity contribution < 1.29 is 4.79 Å². The fourth-order valence-electron chi connectivity index (χ4n) is 3.06. The zero-order valence-corrected chi connectivity index (χ0v) is 13.6. The molecule has 0 spiro atoms. The van der Waals surface area contributed by atoms with E-state index < -0.39 is 0 Å². The SMILES string of the molecule is CCc1cccc(-c2cccc(C(=O)NCC3CCCN3)c2)c1. The van der Waals surface area contributed by atoms with Gasteiger partial charge in [-0.15, -0.1) is 0 Å². The highest BCUT2D eigenvalue weighted by Gasteiger charge is 2.15. The summed E-state index contributed by atoms with van der Waals surface area (Å²) >= 11 is 0. The van der Waals surface area contributed by atoms with Crippen LogP contribution in [0.4, 0.5) is 0 Å². The van der Waals surface area contributed by atoms with E-state index in [9.17, 15) is 4.79 Å². The Kier molecular flexibility index (Phi) is 5.09. The van der Waals surface area contributed by atoms with Crippen LogP contribution in [0, 0.1) is 0 Å². The van der Waals surface area contributed by atoms with E-state index in [-0.39, 0.29) is 5.91 Å². The van der Waals surface area contributed by atoms with Crippen LogP contribution in [-0.2, 0) is 6.42 Å². The fraction of sp³-hybridized carbons (Fsp3) is 0.350. The summed E-state index contributed by atoms with van der Waals surface area (Å²) in [5, 5.41) is 6.44. The minimum absolute atomic E-state index is 0.00666. The maximum Gasteiger partial charge on any atom is 0.251 e. The van der Waals surface area contributed by atoms with Gasteiger partial charge in [-0.25, -0.2) is 0 Å². The van der Waals surface area contributed by atoms with Crippen molar-refractivity contribution in [2.45, 2.75) is 32.2 Å². The zero-order valence-electron chi connectivity index (χ0n) is 13.6. The summed E-state index contributed by atoms with van der Waals surface area (Å²) in [5.41, 5.74) is 4.29. The summed E-state index contributed by atoms with van der Waals surface area (Å²) in [6.07, 6.45) is 3.36. The predicted octanol–water partition coefficient (Wildman–Crippen LogP) is 3.40. The van der Waals surface area contributed by atoms with Crippen molar-refractivity contribution in [2.24, 2.45) is 0 Å². The number of hydrogen-bond acceptors (Lipinski definition) is 2. The van der Waals surface area contributed by atoms with E-state index in [0.29, 0.717) is 12.6 Å². The molecule has 0 aromatic heterocycles. The van der Waals surface area contributed by atoms with Crippen molar-refractivity contribution in [3.63, 3.8) is 0 Å². The molecule has 1 unspecified atom stereocenters. The van der Waals surface area contributed by atoms with E-state index >= 15 is 0 Å². The minimum atomic E-state index is 0.00666. The Balaban J connectivity index is 1.72. The molecule has 3 heteroatoms. The molecule has 1 saturated heterocycles. The molecular weight excluding hydrogens is 284 g/mol. The van der Waals surface area contributed by atoms with Crippen molar-refractivity contribution in [2.75, 3.05) is 13.1 Å². The number of aryl methyl sites for hydroxylation is 1. The zero-order chi connectivity index (χ0) is 16.1. The Hall–Kier alpha value is -2.13. The summed E-state index contributed by atoms with van der Waals surface area (Å²) in [6, 6.07) is 16.8. The van der Waals surface area contributed by atoms with Crippen molar-refractivity contribution in [3.8, 4) is 11.1 Å². The highest BCUT2D eigenvalue weighted by molar-refractivity contribution is 5.95. The summed E-state index contributed by atoms with van der Waals surface area (Å²) in [6.45, 7) is 3.91. The average Bonchev–Trinajstić information content (AvgIpc) is 3.13. The lowest BCUT2D eigenvalue weighted by atomic mass is 10.00. The molecule has 2 N–H and O–H groups in total. The van der Waals surface area contributed by atoms with E-state index in [2.05, 4.69) is 47.9 Å². The second kappa shape index (κ2) is 7.42. The van der Waals surface area contributed by atoms with Gasteiger partial charge in [0.1, 0.15) is 0 Å². The van der Waals surface area contributed by atoms with Crippen molar-refractivity contribution >= 4 is 5.91 Å². The second-order valence-corrected chi connectivity index (χ2v) is 6.14. The number of hydrogen-bond donors (Lipinski definition) is 2. The van der Waals surface area contributed by atoms with Gasteiger partial charge >= 0.3 is 0 Å². The van der Waals surface area contributed by atoms with Gasteiger partial charge in [-0.3, -0.25) is 4.79 Å². The largest absolute Gasteiger partial charge is 0.350 e. The van der Waals surface area contributed by atoms with E-state index in [4.69, 9.17) is 0 Å². The molecule has 1 amide bonds. The van der Waals surface area contributed by atoms with Crippen LogP contribution in [0.25, 0.3) is 11.1 Å². The third-order valence-corrected chi connectivity index (χ3v) is 4.46. The van der Waals surface area contributed by atoms with E-state index in [1.54, 1.807) is 0 Å². The average molecular weight is 308 g/mol. The molecule has 0 aliphatic carbocycles. The Morgan fingerprint density at radius 1 is 1.17 bits per heavy atom. The third-order valence-electron chi connectivity index (χ3n) is 4.46. The van der Waals surface area contributed by atoms with Gasteiger partial charge in [0, 0.05) is 18.2 Å². The Morgan fingerprint density at radius 2 is 1.96 bits per heavy atom. The number of carbonyl (C=O) groups excluding carboxylic acids is 1. The Labute approximate surface area is 138 Å². The van der Waals surface area contributed by atoms with E-state index in [0.717, 1.165) is 36.1 Å². The fourth-order valence-corrected chi connectivity index (χ4v) is 3.06. The summed E-state index contributed by atoms with van der Waals surface area (Å²) in [5.74, 6) is 0.00666. The normalized spacial score (nSPS) is 17.2. The van der Waals surface area contributed by atoms with Crippen LogP contribution in [0.2, 0.25) is 0 Å². The lowest BCUT2D eigenvalue weighted by Crippen LogP contribution is -2.37. The summed E-state index contributed by atoms with van der Waals surface area (Å²) in [4.78, 5) is 12.4. The van der Waals surface area contributed by atoms with Crippen molar-refractivity contribution in [1.82, 2.24) is 10.6 Å². The van der Waals surface area contributed by atoms with Crippen LogP contribution >= 0.6 is 0 Å². The molecule has 2 aromatic carbocycles. The minimum Gasteiger partial charge on any atom is -0.350 e. The molecule has 2 aromatic rings.